The van der Waals surface area contributed by atoms with Crippen molar-refractivity contribution in [3.63, 3.8) is 0 Å². The van der Waals surface area contributed by atoms with E-state index < -0.39 is 5.97 Å². The van der Waals surface area contributed by atoms with Crippen molar-refractivity contribution in [3.05, 3.63) is 83.4 Å². The van der Waals surface area contributed by atoms with Crippen LogP contribution in [-0.2, 0) is 16.1 Å². The van der Waals surface area contributed by atoms with Crippen LogP contribution in [0.3, 0.4) is 0 Å². The van der Waals surface area contributed by atoms with Gasteiger partial charge < -0.3 is 19.2 Å². The summed E-state index contributed by atoms with van der Waals surface area (Å²) in [7, 11) is 0. The van der Waals surface area contributed by atoms with Gasteiger partial charge in [0.2, 0.25) is 5.91 Å². The molecule has 164 valence electrons. The molecule has 0 aliphatic rings. The molecule has 0 unspecified atom stereocenters. The van der Waals surface area contributed by atoms with E-state index in [2.05, 4.69) is 5.32 Å². The minimum absolute atomic E-state index is 0.0571. The Morgan fingerprint density at radius 1 is 1.00 bits per heavy atom. The molecule has 6 nitrogen and oxygen atoms in total. The highest BCUT2D eigenvalue weighted by atomic mass is 19.1. The summed E-state index contributed by atoms with van der Waals surface area (Å²) in [6.07, 6.45) is 1.82. The van der Waals surface area contributed by atoms with E-state index in [0.29, 0.717) is 5.52 Å². The third-order valence-corrected chi connectivity index (χ3v) is 5.31. The predicted octanol–water partition coefficient (Wildman–Crippen LogP) is 5.00. The van der Waals surface area contributed by atoms with E-state index in [1.54, 1.807) is 29.7 Å². The molecule has 0 saturated heterocycles. The van der Waals surface area contributed by atoms with Crippen molar-refractivity contribution in [1.29, 1.82) is 0 Å². The van der Waals surface area contributed by atoms with Gasteiger partial charge in [-0.1, -0.05) is 17.7 Å². The molecule has 0 aliphatic heterocycles. The van der Waals surface area contributed by atoms with Gasteiger partial charge in [-0.3, -0.25) is 4.79 Å². The zero-order chi connectivity index (χ0) is 22.8. The first-order chi connectivity index (χ1) is 15.4. The molecule has 0 spiro atoms. The highest BCUT2D eigenvalue weighted by Gasteiger charge is 2.21. The fourth-order valence-electron chi connectivity index (χ4n) is 3.80. The molecule has 0 radical (unpaired) electrons. The van der Waals surface area contributed by atoms with Gasteiger partial charge in [0.05, 0.1) is 17.6 Å². The Bertz CT molecular complexity index is 1300. The predicted molar refractivity (Wildman–Crippen MR) is 122 cm³/mol. The molecule has 32 heavy (non-hydrogen) atoms. The summed E-state index contributed by atoms with van der Waals surface area (Å²) in [4.78, 5) is 25.5. The number of benzene rings is 2. The van der Waals surface area contributed by atoms with Crippen molar-refractivity contribution in [2.45, 2.75) is 27.3 Å². The summed E-state index contributed by atoms with van der Waals surface area (Å²) in [5.74, 6) is -1.09. The van der Waals surface area contributed by atoms with Crippen molar-refractivity contribution >= 4 is 28.6 Å². The van der Waals surface area contributed by atoms with Gasteiger partial charge in [0.15, 0.2) is 0 Å². The minimum Gasteiger partial charge on any atom is -0.461 e. The number of fused-ring (bicyclic) bond motifs is 1. The second kappa shape index (κ2) is 8.70. The maximum absolute atomic E-state index is 13.4. The molecule has 0 bridgehead atoms. The summed E-state index contributed by atoms with van der Waals surface area (Å²) >= 11 is 0. The number of nitrogens with zero attached hydrogens (tertiary/aromatic N) is 2. The highest BCUT2D eigenvalue weighted by Crippen LogP contribution is 2.26. The fourth-order valence-corrected chi connectivity index (χ4v) is 3.80. The van der Waals surface area contributed by atoms with Crippen LogP contribution in [0.4, 0.5) is 10.1 Å². The number of anilines is 1. The van der Waals surface area contributed by atoms with Crippen molar-refractivity contribution in [2.24, 2.45) is 0 Å². The summed E-state index contributed by atoms with van der Waals surface area (Å²) < 4.78 is 22.1. The van der Waals surface area contributed by atoms with Crippen LogP contribution in [0.5, 0.6) is 0 Å². The van der Waals surface area contributed by atoms with Gasteiger partial charge in [-0.25, -0.2) is 9.18 Å². The Hall–Kier alpha value is -3.87. The number of aromatic nitrogens is 2. The zero-order valence-electron chi connectivity index (χ0n) is 18.2. The van der Waals surface area contributed by atoms with Crippen LogP contribution >= 0.6 is 0 Å². The van der Waals surface area contributed by atoms with Gasteiger partial charge in [-0.2, -0.15) is 0 Å². The van der Waals surface area contributed by atoms with Gasteiger partial charge in [-0.05, 0) is 68.8 Å². The molecular formula is C25H24FN3O3. The molecule has 1 amide bonds. The molecule has 2 aromatic carbocycles. The van der Waals surface area contributed by atoms with E-state index in [4.69, 9.17) is 4.74 Å². The number of nitrogens with one attached hydrogen (secondary N) is 1. The fraction of sp³-hybridized carbons (Fsp3) is 0.200. The van der Waals surface area contributed by atoms with Crippen molar-refractivity contribution < 1.29 is 18.7 Å². The van der Waals surface area contributed by atoms with E-state index in [1.165, 1.54) is 12.1 Å². The molecule has 0 saturated carbocycles. The number of hydrogen-bond donors (Lipinski definition) is 1. The average Bonchev–Trinajstić information content (AvgIpc) is 3.31. The maximum atomic E-state index is 13.4. The Labute approximate surface area is 185 Å². The quantitative estimate of drug-likeness (QED) is 0.435. The van der Waals surface area contributed by atoms with Crippen LogP contribution < -0.4 is 5.32 Å². The van der Waals surface area contributed by atoms with Gasteiger partial charge in [-0.15, -0.1) is 0 Å². The van der Waals surface area contributed by atoms with E-state index >= 15 is 0 Å². The van der Waals surface area contributed by atoms with Crippen molar-refractivity contribution in [2.75, 3.05) is 11.9 Å². The summed E-state index contributed by atoms with van der Waals surface area (Å²) in [6, 6.07) is 15.4. The second-order valence-corrected chi connectivity index (χ2v) is 7.64. The Morgan fingerprint density at radius 2 is 1.75 bits per heavy atom. The number of halogens is 1. The topological polar surface area (TPSA) is 65.3 Å². The second-order valence-electron chi connectivity index (χ2n) is 7.64. The number of ether oxygens (including phenoxy) is 1. The SMILES string of the molecule is CCOC(=O)c1cc2c(ccn2-c2ccc(F)cc2)n1CC(=O)Nc1ccc(C)cc1C. The Balaban J connectivity index is 1.71. The number of rotatable bonds is 6. The average molecular weight is 433 g/mol. The van der Waals surface area contributed by atoms with Crippen LogP contribution in [-0.4, -0.2) is 27.6 Å². The summed E-state index contributed by atoms with van der Waals surface area (Å²) in [5.41, 5.74) is 5.25. The van der Waals surface area contributed by atoms with Crippen LogP contribution in [0.2, 0.25) is 0 Å². The molecule has 0 fully saturated rings. The van der Waals surface area contributed by atoms with E-state index in [-0.39, 0.29) is 30.6 Å². The van der Waals surface area contributed by atoms with Gasteiger partial charge in [0.25, 0.3) is 0 Å². The molecule has 0 atom stereocenters. The van der Waals surface area contributed by atoms with Gasteiger partial charge in [0.1, 0.15) is 18.1 Å². The first kappa shape index (κ1) is 21.4. The van der Waals surface area contributed by atoms with E-state index in [0.717, 1.165) is 28.0 Å². The number of amides is 1. The molecule has 7 heteroatoms. The van der Waals surface area contributed by atoms with Crippen molar-refractivity contribution in [1.82, 2.24) is 9.13 Å². The summed E-state index contributed by atoms with van der Waals surface area (Å²) in [6.45, 7) is 5.83. The number of carbonyl (C=O) groups is 2. The lowest BCUT2D eigenvalue weighted by Crippen LogP contribution is -2.22. The third-order valence-electron chi connectivity index (χ3n) is 5.31. The number of aryl methyl sites for hydroxylation is 2. The number of carbonyl (C=O) groups excluding carboxylic acids is 2. The largest absolute Gasteiger partial charge is 0.461 e. The highest BCUT2D eigenvalue weighted by molar-refractivity contribution is 5.98. The van der Waals surface area contributed by atoms with Crippen LogP contribution in [0.25, 0.3) is 16.7 Å². The maximum Gasteiger partial charge on any atom is 0.355 e. The number of hydrogen-bond acceptors (Lipinski definition) is 3. The molecular weight excluding hydrogens is 409 g/mol. The lowest BCUT2D eigenvalue weighted by molar-refractivity contribution is -0.116. The summed E-state index contributed by atoms with van der Waals surface area (Å²) in [5, 5.41) is 2.92. The van der Waals surface area contributed by atoms with Crippen LogP contribution in [0.1, 0.15) is 28.5 Å². The lowest BCUT2D eigenvalue weighted by atomic mass is 10.1. The van der Waals surface area contributed by atoms with Crippen LogP contribution in [0, 0.1) is 19.7 Å². The Kier molecular flexibility index (Phi) is 5.81. The third kappa shape index (κ3) is 4.14. The first-order valence-corrected chi connectivity index (χ1v) is 10.4. The Morgan fingerprint density at radius 3 is 2.44 bits per heavy atom. The molecule has 0 aliphatic carbocycles. The minimum atomic E-state index is -0.506. The van der Waals surface area contributed by atoms with E-state index in [9.17, 15) is 14.0 Å². The number of esters is 1. The van der Waals surface area contributed by atoms with E-state index in [1.807, 2.05) is 48.9 Å². The van der Waals surface area contributed by atoms with Gasteiger partial charge >= 0.3 is 5.97 Å². The van der Waals surface area contributed by atoms with Crippen molar-refractivity contribution in [3.8, 4) is 5.69 Å². The monoisotopic (exact) mass is 433 g/mol. The first-order valence-electron chi connectivity index (χ1n) is 10.4. The standard InChI is InChI=1S/C25H24FN3O3/c1-4-32-25(31)23-14-22-21(11-12-28(22)19-8-6-18(26)7-9-19)29(23)15-24(30)27-20-10-5-16(2)13-17(20)3/h5-14H,4,15H2,1-3H3,(H,27,30). The molecule has 2 heterocycles. The van der Waals surface area contributed by atoms with Gasteiger partial charge in [0, 0.05) is 17.6 Å². The van der Waals surface area contributed by atoms with Crippen LogP contribution in [0.15, 0.2) is 60.8 Å². The molecule has 4 aromatic rings. The lowest BCUT2D eigenvalue weighted by Gasteiger charge is -2.12. The normalized spacial score (nSPS) is 11.0. The molecule has 4 rings (SSSR count). The molecule has 2 aromatic heterocycles. The molecule has 1 N–H and O–H groups in total. The smallest absolute Gasteiger partial charge is 0.355 e. The zero-order valence-corrected chi connectivity index (χ0v) is 18.2.